The van der Waals surface area contributed by atoms with Crippen LogP contribution in [0.15, 0.2) is 33.8 Å². The van der Waals surface area contributed by atoms with Crippen molar-refractivity contribution in [3.05, 3.63) is 28.7 Å². The molecule has 1 aliphatic carbocycles. The lowest BCUT2D eigenvalue weighted by Crippen LogP contribution is -2.53. The number of benzene rings is 1. The third-order valence-electron chi connectivity index (χ3n) is 5.79. The standard InChI is InChI=1S/C20H25BrN4O2/c21-15-5-7-17(8-6-15)25-19(26)10-9-18(22-25)20(27)24-13-11-23(12-14-24)16-3-1-2-4-16/h5-8,16H,1-4,9-14H2. The molecule has 1 saturated carbocycles. The molecule has 0 bridgehead atoms. The maximum atomic E-state index is 12.9. The molecule has 1 aromatic rings. The Hall–Kier alpha value is -1.73. The van der Waals surface area contributed by atoms with Gasteiger partial charge in [-0.05, 0) is 37.1 Å². The van der Waals surface area contributed by atoms with Crippen molar-refractivity contribution >= 4 is 39.1 Å². The number of carbonyl (C=O) groups is 2. The van der Waals surface area contributed by atoms with Gasteiger partial charge in [0, 0.05) is 49.5 Å². The Bertz CT molecular complexity index is 735. The van der Waals surface area contributed by atoms with Crippen molar-refractivity contribution in [3.8, 4) is 0 Å². The molecule has 0 aromatic heterocycles. The Morgan fingerprint density at radius 3 is 2.33 bits per heavy atom. The second kappa shape index (κ2) is 8.10. The summed E-state index contributed by atoms with van der Waals surface area (Å²) in [5.41, 5.74) is 1.19. The van der Waals surface area contributed by atoms with Gasteiger partial charge in [-0.1, -0.05) is 28.8 Å². The summed E-state index contributed by atoms with van der Waals surface area (Å²) >= 11 is 3.40. The minimum atomic E-state index is -0.0695. The Labute approximate surface area is 168 Å². The first kappa shape index (κ1) is 18.6. The molecule has 1 aromatic carbocycles. The number of hydrogen-bond donors (Lipinski definition) is 0. The van der Waals surface area contributed by atoms with Crippen molar-refractivity contribution in [2.24, 2.45) is 5.10 Å². The van der Waals surface area contributed by atoms with E-state index in [0.717, 1.165) is 30.7 Å². The lowest BCUT2D eigenvalue weighted by molar-refractivity contribution is -0.126. The molecule has 0 N–H and O–H groups in total. The number of nitrogens with zero attached hydrogens (tertiary/aromatic N) is 4. The monoisotopic (exact) mass is 432 g/mol. The molecule has 2 fully saturated rings. The van der Waals surface area contributed by atoms with E-state index in [2.05, 4.69) is 25.9 Å². The highest BCUT2D eigenvalue weighted by molar-refractivity contribution is 9.10. The number of carbonyl (C=O) groups excluding carboxylic acids is 2. The van der Waals surface area contributed by atoms with Crippen molar-refractivity contribution in [1.29, 1.82) is 0 Å². The Balaban J connectivity index is 1.42. The predicted octanol–water partition coefficient (Wildman–Crippen LogP) is 3.02. The van der Waals surface area contributed by atoms with Crippen molar-refractivity contribution in [3.63, 3.8) is 0 Å². The van der Waals surface area contributed by atoms with Crippen LogP contribution in [0.2, 0.25) is 0 Å². The van der Waals surface area contributed by atoms with E-state index >= 15 is 0 Å². The normalized spacial score (nSPS) is 22.3. The van der Waals surface area contributed by atoms with E-state index in [-0.39, 0.29) is 11.8 Å². The smallest absolute Gasteiger partial charge is 0.270 e. The predicted molar refractivity (Wildman–Crippen MR) is 109 cm³/mol. The van der Waals surface area contributed by atoms with Crippen LogP contribution in [0.3, 0.4) is 0 Å². The average Bonchev–Trinajstić information content (AvgIpc) is 3.24. The number of halogens is 1. The number of rotatable bonds is 3. The van der Waals surface area contributed by atoms with Gasteiger partial charge in [0.2, 0.25) is 5.91 Å². The number of amides is 2. The van der Waals surface area contributed by atoms with Gasteiger partial charge in [0.1, 0.15) is 5.71 Å². The van der Waals surface area contributed by atoms with Crippen LogP contribution in [0.25, 0.3) is 0 Å². The summed E-state index contributed by atoms with van der Waals surface area (Å²) in [6.07, 6.45) is 6.01. The second-order valence-electron chi connectivity index (χ2n) is 7.50. The highest BCUT2D eigenvalue weighted by atomic mass is 79.9. The van der Waals surface area contributed by atoms with Crippen LogP contribution >= 0.6 is 15.9 Å². The van der Waals surface area contributed by atoms with E-state index in [9.17, 15) is 9.59 Å². The fraction of sp³-hybridized carbons (Fsp3) is 0.550. The lowest BCUT2D eigenvalue weighted by Gasteiger charge is -2.38. The summed E-state index contributed by atoms with van der Waals surface area (Å²) in [5, 5.41) is 5.79. The summed E-state index contributed by atoms with van der Waals surface area (Å²) in [6.45, 7) is 3.39. The number of anilines is 1. The first-order chi connectivity index (χ1) is 13.1. The van der Waals surface area contributed by atoms with Gasteiger partial charge in [-0.15, -0.1) is 0 Å². The number of piperazine rings is 1. The molecule has 7 heteroatoms. The van der Waals surface area contributed by atoms with Crippen LogP contribution < -0.4 is 5.01 Å². The minimum absolute atomic E-state index is 0.0179. The minimum Gasteiger partial charge on any atom is -0.335 e. The zero-order chi connectivity index (χ0) is 18.8. The van der Waals surface area contributed by atoms with E-state index in [1.165, 1.54) is 30.7 Å². The molecule has 2 aliphatic heterocycles. The van der Waals surface area contributed by atoms with Gasteiger partial charge in [-0.25, -0.2) is 5.01 Å². The third-order valence-corrected chi connectivity index (χ3v) is 6.32. The Kier molecular flexibility index (Phi) is 5.59. The molecule has 144 valence electrons. The molecule has 0 spiro atoms. The van der Waals surface area contributed by atoms with Crippen molar-refractivity contribution in [2.45, 2.75) is 44.6 Å². The molecule has 3 aliphatic rings. The van der Waals surface area contributed by atoms with E-state index in [0.29, 0.717) is 30.3 Å². The second-order valence-corrected chi connectivity index (χ2v) is 8.41. The van der Waals surface area contributed by atoms with Crippen molar-refractivity contribution in [2.75, 3.05) is 31.2 Å². The number of hydrogen-bond acceptors (Lipinski definition) is 4. The number of hydrazone groups is 1. The van der Waals surface area contributed by atoms with Crippen LogP contribution in [0, 0.1) is 0 Å². The summed E-state index contributed by atoms with van der Waals surface area (Å²) in [7, 11) is 0. The molecule has 1 saturated heterocycles. The quantitative estimate of drug-likeness (QED) is 0.737. The fourth-order valence-electron chi connectivity index (χ4n) is 4.23. The molecular weight excluding hydrogens is 408 g/mol. The lowest BCUT2D eigenvalue weighted by atomic mass is 10.1. The molecule has 4 rings (SSSR count). The molecule has 0 radical (unpaired) electrons. The van der Waals surface area contributed by atoms with Gasteiger partial charge >= 0.3 is 0 Å². The van der Waals surface area contributed by atoms with Crippen LogP contribution in [0.5, 0.6) is 0 Å². The van der Waals surface area contributed by atoms with Crippen LogP contribution in [-0.4, -0.2) is 59.5 Å². The topological polar surface area (TPSA) is 56.2 Å². The molecule has 6 nitrogen and oxygen atoms in total. The van der Waals surface area contributed by atoms with Gasteiger partial charge in [-0.3, -0.25) is 14.5 Å². The summed E-state index contributed by atoms with van der Waals surface area (Å²) in [4.78, 5) is 29.7. The van der Waals surface area contributed by atoms with Gasteiger partial charge < -0.3 is 4.90 Å². The van der Waals surface area contributed by atoms with Crippen LogP contribution in [0.4, 0.5) is 5.69 Å². The van der Waals surface area contributed by atoms with Gasteiger partial charge in [-0.2, -0.15) is 5.10 Å². The SMILES string of the molecule is O=C(C1=NN(c2ccc(Br)cc2)C(=O)CC1)N1CCN(C2CCCC2)CC1. The van der Waals surface area contributed by atoms with Crippen LogP contribution in [-0.2, 0) is 9.59 Å². The van der Waals surface area contributed by atoms with Gasteiger partial charge in [0.05, 0.1) is 5.69 Å². The molecule has 2 amide bonds. The van der Waals surface area contributed by atoms with E-state index in [4.69, 9.17) is 0 Å². The summed E-state index contributed by atoms with van der Waals surface area (Å²) in [6, 6.07) is 8.12. The zero-order valence-electron chi connectivity index (χ0n) is 15.4. The zero-order valence-corrected chi connectivity index (χ0v) is 17.0. The van der Waals surface area contributed by atoms with E-state index in [1.807, 2.05) is 29.2 Å². The molecule has 2 heterocycles. The third kappa shape index (κ3) is 4.09. The first-order valence-corrected chi connectivity index (χ1v) is 10.6. The van der Waals surface area contributed by atoms with Crippen molar-refractivity contribution in [1.82, 2.24) is 9.80 Å². The Morgan fingerprint density at radius 1 is 1.00 bits per heavy atom. The highest BCUT2D eigenvalue weighted by Gasteiger charge is 2.32. The largest absolute Gasteiger partial charge is 0.335 e. The molecule has 0 atom stereocenters. The highest BCUT2D eigenvalue weighted by Crippen LogP contribution is 2.25. The van der Waals surface area contributed by atoms with E-state index in [1.54, 1.807) is 0 Å². The van der Waals surface area contributed by atoms with E-state index < -0.39 is 0 Å². The van der Waals surface area contributed by atoms with Gasteiger partial charge in [0.25, 0.3) is 5.91 Å². The summed E-state index contributed by atoms with van der Waals surface area (Å²) in [5.74, 6) is -0.0874. The van der Waals surface area contributed by atoms with Crippen molar-refractivity contribution < 1.29 is 9.59 Å². The average molecular weight is 433 g/mol. The molecule has 27 heavy (non-hydrogen) atoms. The fourth-order valence-corrected chi connectivity index (χ4v) is 4.50. The molecular formula is C20H25BrN4O2. The first-order valence-electron chi connectivity index (χ1n) is 9.81. The maximum absolute atomic E-state index is 12.9. The maximum Gasteiger partial charge on any atom is 0.270 e. The molecule has 0 unspecified atom stereocenters. The Morgan fingerprint density at radius 2 is 1.67 bits per heavy atom. The van der Waals surface area contributed by atoms with Crippen LogP contribution in [0.1, 0.15) is 38.5 Å². The summed E-state index contributed by atoms with van der Waals surface area (Å²) < 4.78 is 0.941. The van der Waals surface area contributed by atoms with Gasteiger partial charge in [0.15, 0.2) is 0 Å².